The molecule has 1 N–H and O–H groups in total. The zero-order valence-corrected chi connectivity index (χ0v) is 16.7. The molecule has 2 atom stereocenters. The monoisotopic (exact) mass is 403 g/mol. The molecule has 27 heavy (non-hydrogen) atoms. The summed E-state index contributed by atoms with van der Waals surface area (Å²) in [7, 11) is -3.27. The smallest absolute Gasteiger partial charge is 0.155 e. The first-order valence-electron chi connectivity index (χ1n) is 8.82. The molecule has 0 amide bonds. The van der Waals surface area contributed by atoms with Gasteiger partial charge in [-0.2, -0.15) is 0 Å². The summed E-state index contributed by atoms with van der Waals surface area (Å²) < 4.78 is 25.9. The van der Waals surface area contributed by atoms with E-state index in [9.17, 15) is 13.5 Å². The van der Waals surface area contributed by atoms with Gasteiger partial charge in [0.1, 0.15) is 10.7 Å². The van der Waals surface area contributed by atoms with Crippen LogP contribution >= 0.6 is 11.3 Å². The summed E-state index contributed by atoms with van der Waals surface area (Å²) in [5.74, 6) is -0.0109. The number of benzene rings is 1. The molecule has 3 heterocycles. The molecule has 1 fully saturated rings. The predicted octanol–water partition coefficient (Wildman–Crippen LogP) is 3.13. The molecule has 0 unspecified atom stereocenters. The van der Waals surface area contributed by atoms with E-state index in [0.29, 0.717) is 5.92 Å². The Hall–Kier alpha value is -2.03. The third-order valence-corrected chi connectivity index (χ3v) is 7.37. The number of hydrogen-bond donors (Lipinski definition) is 1. The lowest BCUT2D eigenvalue weighted by molar-refractivity contribution is 0.154. The van der Waals surface area contributed by atoms with Gasteiger partial charge in [0.05, 0.1) is 41.4 Å². The predicted molar refractivity (Wildman–Crippen MR) is 107 cm³/mol. The van der Waals surface area contributed by atoms with Gasteiger partial charge in [0.2, 0.25) is 0 Å². The molecule has 0 saturated carbocycles. The molecule has 1 aliphatic rings. The fourth-order valence-corrected chi connectivity index (χ4v) is 6.18. The first kappa shape index (κ1) is 18.3. The number of sulfone groups is 1. The Labute approximate surface area is 162 Å². The van der Waals surface area contributed by atoms with E-state index < -0.39 is 22.0 Å². The molecule has 1 saturated heterocycles. The topological polar surface area (TPSA) is 85.1 Å². The zero-order chi connectivity index (χ0) is 19.2. The number of nitrogens with zero attached hydrogens (tertiary/aromatic N) is 3. The van der Waals surface area contributed by atoms with Gasteiger partial charge in [-0.25, -0.2) is 18.4 Å². The van der Waals surface area contributed by atoms with Crippen LogP contribution in [0.4, 0.5) is 0 Å². The lowest BCUT2D eigenvalue weighted by Gasteiger charge is -2.17. The minimum atomic E-state index is -3.27. The minimum Gasteiger partial charge on any atom is -0.390 e. The highest BCUT2D eigenvalue weighted by atomic mass is 32.2. The van der Waals surface area contributed by atoms with Gasteiger partial charge in [-0.1, -0.05) is 44.2 Å². The van der Waals surface area contributed by atoms with Gasteiger partial charge in [0.25, 0.3) is 0 Å². The second-order valence-corrected chi connectivity index (χ2v) is 10.2. The van der Waals surface area contributed by atoms with E-state index in [1.54, 1.807) is 10.9 Å². The van der Waals surface area contributed by atoms with Crippen LogP contribution in [0.3, 0.4) is 0 Å². The summed E-state index contributed by atoms with van der Waals surface area (Å²) in [5, 5.41) is 13.2. The maximum absolute atomic E-state index is 12.0. The molecule has 3 aromatic rings. The van der Waals surface area contributed by atoms with Crippen molar-refractivity contribution >= 4 is 21.2 Å². The molecule has 0 aliphatic carbocycles. The number of aliphatic hydroxyl groups is 1. The summed E-state index contributed by atoms with van der Waals surface area (Å²) in [6.07, 6.45) is 0.680. The van der Waals surface area contributed by atoms with Gasteiger partial charge in [0.15, 0.2) is 9.84 Å². The van der Waals surface area contributed by atoms with Gasteiger partial charge in [-0.15, -0.1) is 11.3 Å². The molecule has 6 nitrogen and oxygen atoms in total. The van der Waals surface area contributed by atoms with Crippen molar-refractivity contribution in [2.24, 2.45) is 0 Å². The summed E-state index contributed by atoms with van der Waals surface area (Å²) in [6, 6.07) is 9.20. The first-order chi connectivity index (χ1) is 12.9. The second-order valence-electron chi connectivity index (χ2n) is 7.16. The maximum Gasteiger partial charge on any atom is 0.155 e. The highest BCUT2D eigenvalue weighted by molar-refractivity contribution is 7.91. The van der Waals surface area contributed by atoms with Crippen LogP contribution in [0.5, 0.6) is 0 Å². The SMILES string of the molecule is CC(C)c1csc(-c2c(-c3ccccc3)ncn2[C@@H]2CS(=O)(=O)C[C@H]2O)n1. The van der Waals surface area contributed by atoms with Crippen molar-refractivity contribution in [3.05, 3.63) is 47.7 Å². The van der Waals surface area contributed by atoms with E-state index >= 15 is 0 Å². The van der Waals surface area contributed by atoms with E-state index in [1.807, 2.05) is 35.7 Å². The fourth-order valence-electron chi connectivity index (χ4n) is 3.37. The Balaban J connectivity index is 1.88. The Bertz CT molecular complexity index is 1060. The number of imidazole rings is 1. The second kappa shape index (κ2) is 6.85. The summed E-state index contributed by atoms with van der Waals surface area (Å²) in [4.78, 5) is 9.33. The third kappa shape index (κ3) is 3.44. The molecule has 8 heteroatoms. The van der Waals surface area contributed by atoms with Gasteiger partial charge in [-0.3, -0.25) is 0 Å². The average Bonchev–Trinajstić information content (AvgIpc) is 3.31. The van der Waals surface area contributed by atoms with E-state index in [4.69, 9.17) is 4.98 Å². The van der Waals surface area contributed by atoms with E-state index in [0.717, 1.165) is 27.7 Å². The maximum atomic E-state index is 12.0. The zero-order valence-electron chi connectivity index (χ0n) is 15.1. The number of thiazole rings is 1. The Morgan fingerprint density at radius 2 is 1.96 bits per heavy atom. The molecular formula is C19H21N3O3S2. The Morgan fingerprint density at radius 1 is 1.22 bits per heavy atom. The summed E-state index contributed by atoms with van der Waals surface area (Å²) >= 11 is 1.52. The summed E-state index contributed by atoms with van der Waals surface area (Å²) in [6.45, 7) is 4.17. The van der Waals surface area contributed by atoms with Crippen LogP contribution in [0.2, 0.25) is 0 Å². The molecule has 4 rings (SSSR count). The molecule has 1 aromatic carbocycles. The molecule has 0 radical (unpaired) electrons. The van der Waals surface area contributed by atoms with Crippen molar-refractivity contribution in [1.29, 1.82) is 0 Å². The van der Waals surface area contributed by atoms with Gasteiger partial charge in [-0.05, 0) is 5.92 Å². The summed E-state index contributed by atoms with van der Waals surface area (Å²) in [5.41, 5.74) is 3.43. The first-order valence-corrected chi connectivity index (χ1v) is 11.5. The Morgan fingerprint density at radius 3 is 2.56 bits per heavy atom. The van der Waals surface area contributed by atoms with Crippen molar-refractivity contribution < 1.29 is 13.5 Å². The molecule has 1 aliphatic heterocycles. The number of hydrogen-bond acceptors (Lipinski definition) is 6. The van der Waals surface area contributed by atoms with Crippen molar-refractivity contribution in [1.82, 2.24) is 14.5 Å². The quantitative estimate of drug-likeness (QED) is 0.723. The lowest BCUT2D eigenvalue weighted by Crippen LogP contribution is -2.22. The molecule has 142 valence electrons. The van der Waals surface area contributed by atoms with Crippen LogP contribution < -0.4 is 0 Å². The van der Waals surface area contributed by atoms with Gasteiger partial charge >= 0.3 is 0 Å². The number of aromatic nitrogens is 3. The van der Waals surface area contributed by atoms with Crippen LogP contribution in [0, 0.1) is 0 Å². The van der Waals surface area contributed by atoms with Crippen LogP contribution in [0.15, 0.2) is 42.0 Å². The molecule has 2 aromatic heterocycles. The van der Waals surface area contributed by atoms with Crippen LogP contribution in [0.25, 0.3) is 22.0 Å². The third-order valence-electron chi connectivity index (χ3n) is 4.81. The van der Waals surface area contributed by atoms with Gasteiger partial charge < -0.3 is 9.67 Å². The molecular weight excluding hydrogens is 382 g/mol. The highest BCUT2D eigenvalue weighted by Crippen LogP contribution is 2.38. The minimum absolute atomic E-state index is 0.0891. The Kier molecular flexibility index (Phi) is 4.65. The standard InChI is InChI=1S/C19H21N3O3S2/c1-12(2)14-8-26-19(21-14)18-17(13-6-4-3-5-7-13)20-11-22(18)15-9-27(24,25)10-16(15)23/h3-8,11-12,15-16,23H,9-10H2,1-2H3/t15-,16-/m1/s1. The van der Waals surface area contributed by atoms with Crippen molar-refractivity contribution in [2.75, 3.05) is 11.5 Å². The van der Waals surface area contributed by atoms with Gasteiger partial charge in [0, 0.05) is 10.9 Å². The molecule has 0 bridgehead atoms. The van der Waals surface area contributed by atoms with E-state index in [1.165, 1.54) is 11.3 Å². The van der Waals surface area contributed by atoms with Crippen molar-refractivity contribution in [2.45, 2.75) is 31.9 Å². The fraction of sp³-hybridized carbons (Fsp3) is 0.368. The lowest BCUT2D eigenvalue weighted by atomic mass is 10.1. The number of rotatable bonds is 4. The molecule has 0 spiro atoms. The van der Waals surface area contributed by atoms with E-state index in [-0.39, 0.29) is 11.5 Å². The van der Waals surface area contributed by atoms with Crippen LogP contribution in [0.1, 0.15) is 31.5 Å². The average molecular weight is 404 g/mol. The van der Waals surface area contributed by atoms with Crippen molar-refractivity contribution in [3.63, 3.8) is 0 Å². The highest BCUT2D eigenvalue weighted by Gasteiger charge is 2.39. The van der Waals surface area contributed by atoms with Crippen LogP contribution in [-0.2, 0) is 9.84 Å². The number of aliphatic hydroxyl groups excluding tert-OH is 1. The van der Waals surface area contributed by atoms with Crippen molar-refractivity contribution in [3.8, 4) is 22.0 Å². The normalized spacial score (nSPS) is 21.8. The van der Waals surface area contributed by atoms with Crippen LogP contribution in [-0.4, -0.2) is 45.7 Å². The van der Waals surface area contributed by atoms with E-state index in [2.05, 4.69) is 18.8 Å². The largest absolute Gasteiger partial charge is 0.390 e.